The van der Waals surface area contributed by atoms with Crippen LogP contribution < -0.4 is 9.47 Å². The summed E-state index contributed by atoms with van der Waals surface area (Å²) in [5.74, 6) is 0. The van der Waals surface area contributed by atoms with Gasteiger partial charge in [-0.2, -0.15) is 4.57 Å². The van der Waals surface area contributed by atoms with Crippen LogP contribution in [-0.4, -0.2) is 13.1 Å². The highest BCUT2D eigenvalue weighted by Gasteiger charge is 2.25. The van der Waals surface area contributed by atoms with Gasteiger partial charge in [0.2, 0.25) is 5.69 Å². The minimum atomic E-state index is 1.12. The predicted molar refractivity (Wildman–Crippen MR) is 94.4 cm³/mol. The standard InChI is InChI=1S/C21H23N2/c1-2-9-22-12-8-17(20(22)7-1)13-16-14-18-5-3-10-23-11-4-6-19(15-16)21(18)23/h1-2,7,9,13-15H,3-6,8,10-12H2/q+1. The molecule has 0 aliphatic carbocycles. The van der Waals surface area contributed by atoms with Crippen LogP contribution in [0.4, 0.5) is 5.69 Å². The van der Waals surface area contributed by atoms with Crippen LogP contribution in [0.1, 0.15) is 41.6 Å². The van der Waals surface area contributed by atoms with E-state index in [-0.39, 0.29) is 0 Å². The van der Waals surface area contributed by atoms with Crippen molar-refractivity contribution in [1.29, 1.82) is 0 Å². The molecule has 0 spiro atoms. The second kappa shape index (κ2) is 5.23. The quantitative estimate of drug-likeness (QED) is 0.730. The molecule has 2 nitrogen and oxygen atoms in total. The molecule has 0 N–H and O–H groups in total. The van der Waals surface area contributed by atoms with Gasteiger partial charge in [-0.25, -0.2) is 0 Å². The average Bonchev–Trinajstić information content (AvgIpc) is 2.99. The zero-order valence-electron chi connectivity index (χ0n) is 13.6. The summed E-state index contributed by atoms with van der Waals surface area (Å²) in [7, 11) is 0. The minimum Gasteiger partial charge on any atom is -0.371 e. The van der Waals surface area contributed by atoms with Gasteiger partial charge in [0.1, 0.15) is 0 Å². The Morgan fingerprint density at radius 1 is 0.957 bits per heavy atom. The fourth-order valence-corrected chi connectivity index (χ4v) is 4.59. The third-order valence-electron chi connectivity index (χ3n) is 5.59. The topological polar surface area (TPSA) is 7.12 Å². The summed E-state index contributed by atoms with van der Waals surface area (Å²) in [5, 5.41) is 0. The first kappa shape index (κ1) is 13.4. The summed E-state index contributed by atoms with van der Waals surface area (Å²) in [6.07, 6.45) is 10.9. The van der Waals surface area contributed by atoms with Gasteiger partial charge in [0, 0.05) is 42.9 Å². The Labute approximate surface area is 138 Å². The summed E-state index contributed by atoms with van der Waals surface area (Å²) in [5.41, 5.74) is 9.03. The van der Waals surface area contributed by atoms with Crippen molar-refractivity contribution in [3.63, 3.8) is 0 Å². The van der Waals surface area contributed by atoms with Crippen LogP contribution in [0.2, 0.25) is 0 Å². The third-order valence-corrected chi connectivity index (χ3v) is 5.59. The van der Waals surface area contributed by atoms with Gasteiger partial charge in [-0.3, -0.25) is 0 Å². The van der Waals surface area contributed by atoms with Crippen molar-refractivity contribution in [2.24, 2.45) is 0 Å². The maximum Gasteiger partial charge on any atom is 0.208 e. The fraction of sp³-hybridized carbons (Fsp3) is 0.381. The van der Waals surface area contributed by atoms with E-state index in [1.54, 1.807) is 16.8 Å². The normalized spacial score (nSPS) is 20.5. The zero-order valence-corrected chi connectivity index (χ0v) is 13.6. The van der Waals surface area contributed by atoms with Crippen LogP contribution in [-0.2, 0) is 19.4 Å². The highest BCUT2D eigenvalue weighted by Crippen LogP contribution is 2.37. The molecule has 0 amide bonds. The summed E-state index contributed by atoms with van der Waals surface area (Å²) in [6, 6.07) is 11.4. The first-order valence-electron chi connectivity index (χ1n) is 8.99. The van der Waals surface area contributed by atoms with Crippen molar-refractivity contribution in [3.8, 4) is 0 Å². The van der Waals surface area contributed by atoms with E-state index in [0.717, 1.165) is 13.0 Å². The first-order chi connectivity index (χ1) is 11.4. The van der Waals surface area contributed by atoms with E-state index in [1.807, 2.05) is 0 Å². The molecule has 2 aromatic rings. The zero-order chi connectivity index (χ0) is 15.2. The van der Waals surface area contributed by atoms with E-state index in [0.29, 0.717) is 0 Å². The van der Waals surface area contributed by atoms with Gasteiger partial charge >= 0.3 is 0 Å². The molecular formula is C21H23N2+. The van der Waals surface area contributed by atoms with E-state index in [1.165, 1.54) is 55.6 Å². The summed E-state index contributed by atoms with van der Waals surface area (Å²) < 4.78 is 2.37. The molecule has 0 fully saturated rings. The number of aryl methyl sites for hydroxylation is 3. The lowest BCUT2D eigenvalue weighted by Gasteiger charge is -2.37. The second-order valence-electron chi connectivity index (χ2n) is 7.08. The van der Waals surface area contributed by atoms with Crippen LogP contribution in [0.25, 0.3) is 11.6 Å². The van der Waals surface area contributed by atoms with Crippen molar-refractivity contribution in [1.82, 2.24) is 0 Å². The molecule has 3 aliphatic rings. The molecule has 0 saturated carbocycles. The molecule has 116 valence electrons. The van der Waals surface area contributed by atoms with E-state index < -0.39 is 0 Å². The Bertz CT molecular complexity index is 772. The number of aromatic nitrogens is 1. The molecule has 0 unspecified atom stereocenters. The first-order valence-corrected chi connectivity index (χ1v) is 8.99. The van der Waals surface area contributed by atoms with Crippen molar-refractivity contribution in [3.05, 3.63) is 58.9 Å². The third kappa shape index (κ3) is 2.20. The molecule has 4 heterocycles. The van der Waals surface area contributed by atoms with Crippen LogP contribution in [0.15, 0.2) is 36.5 Å². The fourth-order valence-electron chi connectivity index (χ4n) is 4.59. The molecule has 2 heteroatoms. The molecule has 0 atom stereocenters. The Kier molecular flexibility index (Phi) is 3.04. The number of rotatable bonds is 1. The van der Waals surface area contributed by atoms with Gasteiger partial charge in [-0.1, -0.05) is 0 Å². The van der Waals surface area contributed by atoms with Gasteiger partial charge < -0.3 is 4.90 Å². The van der Waals surface area contributed by atoms with Crippen LogP contribution >= 0.6 is 0 Å². The lowest BCUT2D eigenvalue weighted by Crippen LogP contribution is -2.34. The smallest absolute Gasteiger partial charge is 0.208 e. The highest BCUT2D eigenvalue weighted by molar-refractivity contribution is 5.81. The number of benzene rings is 1. The van der Waals surface area contributed by atoms with Crippen LogP contribution in [0, 0.1) is 0 Å². The minimum absolute atomic E-state index is 1.12. The highest BCUT2D eigenvalue weighted by atomic mass is 15.1. The second-order valence-corrected chi connectivity index (χ2v) is 7.08. The largest absolute Gasteiger partial charge is 0.371 e. The van der Waals surface area contributed by atoms with E-state index in [4.69, 9.17) is 0 Å². The average molecular weight is 303 g/mol. The number of hydrogen-bond acceptors (Lipinski definition) is 1. The predicted octanol–water partition coefficient (Wildman–Crippen LogP) is 3.62. The maximum atomic E-state index is 2.62. The summed E-state index contributed by atoms with van der Waals surface area (Å²) in [6.45, 7) is 3.63. The molecule has 0 saturated heterocycles. The number of hydrogen-bond donors (Lipinski definition) is 0. The van der Waals surface area contributed by atoms with Gasteiger partial charge in [0.05, 0.1) is 0 Å². The lowest BCUT2D eigenvalue weighted by atomic mass is 9.89. The molecular weight excluding hydrogens is 280 g/mol. The summed E-state index contributed by atoms with van der Waals surface area (Å²) >= 11 is 0. The SMILES string of the molecule is C(=C1CC[n+]2ccccc21)c1cc2c3c(c1)CCCN3CCC2. The molecule has 0 radical (unpaired) electrons. The van der Waals surface area contributed by atoms with E-state index in [9.17, 15) is 0 Å². The molecule has 0 bridgehead atoms. The Morgan fingerprint density at radius 2 is 1.74 bits per heavy atom. The van der Waals surface area contributed by atoms with Crippen molar-refractivity contribution < 1.29 is 4.57 Å². The lowest BCUT2D eigenvalue weighted by molar-refractivity contribution is -0.689. The Hall–Kier alpha value is -2.09. The number of nitrogens with zero attached hydrogens (tertiary/aromatic N) is 2. The number of fused-ring (bicyclic) bond motifs is 1. The van der Waals surface area contributed by atoms with Crippen molar-refractivity contribution >= 4 is 17.3 Å². The molecule has 23 heavy (non-hydrogen) atoms. The van der Waals surface area contributed by atoms with E-state index in [2.05, 4.69) is 52.1 Å². The van der Waals surface area contributed by atoms with Gasteiger partial charge in [0.25, 0.3) is 0 Å². The van der Waals surface area contributed by atoms with Crippen molar-refractivity contribution in [2.45, 2.75) is 38.6 Å². The van der Waals surface area contributed by atoms with Crippen LogP contribution in [0.5, 0.6) is 0 Å². The van der Waals surface area contributed by atoms with Crippen LogP contribution in [0.3, 0.4) is 0 Å². The molecule has 1 aromatic heterocycles. The molecule has 1 aromatic carbocycles. The number of anilines is 1. The monoisotopic (exact) mass is 303 g/mol. The van der Waals surface area contributed by atoms with Gasteiger partial charge in [0.15, 0.2) is 12.7 Å². The Morgan fingerprint density at radius 3 is 2.52 bits per heavy atom. The molecule has 5 rings (SSSR count). The van der Waals surface area contributed by atoms with E-state index >= 15 is 0 Å². The van der Waals surface area contributed by atoms with Gasteiger partial charge in [-0.15, -0.1) is 0 Å². The van der Waals surface area contributed by atoms with Gasteiger partial charge in [-0.05, 0) is 66.6 Å². The molecule has 3 aliphatic heterocycles. The Balaban J connectivity index is 1.59. The number of allylic oxidation sites excluding steroid dienone is 1. The van der Waals surface area contributed by atoms with Crippen molar-refractivity contribution in [2.75, 3.05) is 18.0 Å². The number of pyridine rings is 1. The summed E-state index contributed by atoms with van der Waals surface area (Å²) in [4.78, 5) is 2.62. The maximum absolute atomic E-state index is 2.62.